The lowest BCUT2D eigenvalue weighted by Gasteiger charge is -2.56. The van der Waals surface area contributed by atoms with Crippen molar-refractivity contribution in [2.45, 2.75) is 50.6 Å². The summed E-state index contributed by atoms with van der Waals surface area (Å²) >= 11 is 0. The standard InChI is InChI=1S/C19H24N6/c1-2-4-13(5-3-1)12-20-17-22-24-18(25-23-17)21-19-9-14-6-15(10-19)8-16(7-14)11-19/h1-5,14-16H,6-12H2,(H,20,22,23)(H,21,24,25). The highest BCUT2D eigenvalue weighted by Gasteiger charge is 2.51. The first kappa shape index (κ1) is 15.0. The molecule has 2 N–H and O–H groups in total. The number of nitrogens with one attached hydrogen (secondary N) is 2. The van der Waals surface area contributed by atoms with Crippen LogP contribution in [-0.2, 0) is 6.54 Å². The lowest BCUT2D eigenvalue weighted by Crippen LogP contribution is -2.55. The van der Waals surface area contributed by atoms with Gasteiger partial charge in [-0.25, -0.2) is 0 Å². The van der Waals surface area contributed by atoms with Gasteiger partial charge in [0.15, 0.2) is 0 Å². The molecule has 0 atom stereocenters. The van der Waals surface area contributed by atoms with Crippen LogP contribution in [0.3, 0.4) is 0 Å². The van der Waals surface area contributed by atoms with Gasteiger partial charge >= 0.3 is 0 Å². The van der Waals surface area contributed by atoms with Crippen LogP contribution in [0.25, 0.3) is 0 Å². The Morgan fingerprint density at radius 2 is 1.36 bits per heavy atom. The third kappa shape index (κ3) is 3.05. The maximum atomic E-state index is 4.27. The Morgan fingerprint density at radius 3 is 1.96 bits per heavy atom. The molecule has 6 nitrogen and oxygen atoms in total. The Morgan fingerprint density at radius 1 is 0.800 bits per heavy atom. The maximum Gasteiger partial charge on any atom is 0.262 e. The zero-order chi connectivity index (χ0) is 16.7. The molecule has 4 bridgehead atoms. The second kappa shape index (κ2) is 5.93. The van der Waals surface area contributed by atoms with Gasteiger partial charge in [0.2, 0.25) is 0 Å². The Balaban J connectivity index is 1.24. The number of aromatic nitrogens is 4. The molecule has 1 heterocycles. The van der Waals surface area contributed by atoms with E-state index in [1.54, 1.807) is 0 Å². The lowest BCUT2D eigenvalue weighted by molar-refractivity contribution is 0.0103. The van der Waals surface area contributed by atoms with Gasteiger partial charge < -0.3 is 10.6 Å². The van der Waals surface area contributed by atoms with Crippen LogP contribution in [-0.4, -0.2) is 25.9 Å². The van der Waals surface area contributed by atoms with Gasteiger partial charge in [-0.2, -0.15) is 0 Å². The predicted molar refractivity (Wildman–Crippen MR) is 95.9 cm³/mol. The van der Waals surface area contributed by atoms with E-state index in [1.165, 1.54) is 44.1 Å². The molecule has 0 aliphatic heterocycles. The molecule has 4 saturated carbocycles. The first-order chi connectivity index (χ1) is 12.3. The van der Waals surface area contributed by atoms with E-state index in [1.807, 2.05) is 18.2 Å². The van der Waals surface area contributed by atoms with E-state index in [9.17, 15) is 0 Å². The molecular formula is C19H24N6. The number of nitrogens with zero attached hydrogens (tertiary/aromatic N) is 4. The number of hydrogen-bond acceptors (Lipinski definition) is 6. The average Bonchev–Trinajstić information content (AvgIpc) is 2.60. The van der Waals surface area contributed by atoms with E-state index in [0.29, 0.717) is 18.4 Å². The minimum absolute atomic E-state index is 0.192. The minimum Gasteiger partial charge on any atom is -0.348 e. The van der Waals surface area contributed by atoms with E-state index in [0.717, 1.165) is 17.8 Å². The first-order valence-electron chi connectivity index (χ1n) is 9.40. The fourth-order valence-electron chi connectivity index (χ4n) is 5.63. The Bertz CT molecular complexity index is 694. The van der Waals surface area contributed by atoms with Crippen LogP contribution in [0.1, 0.15) is 44.1 Å². The van der Waals surface area contributed by atoms with Crippen LogP contribution >= 0.6 is 0 Å². The Labute approximate surface area is 147 Å². The molecule has 4 aliphatic carbocycles. The zero-order valence-electron chi connectivity index (χ0n) is 14.4. The normalized spacial score (nSPS) is 32.6. The van der Waals surface area contributed by atoms with Crippen molar-refractivity contribution in [3.8, 4) is 0 Å². The van der Waals surface area contributed by atoms with E-state index in [-0.39, 0.29) is 5.54 Å². The van der Waals surface area contributed by atoms with E-state index in [2.05, 4.69) is 43.2 Å². The SMILES string of the molecule is c1ccc(CNc2nnc(NC34CC5CC(CC(C5)C3)C4)nn2)cc1. The van der Waals surface area contributed by atoms with Crippen LogP contribution < -0.4 is 10.6 Å². The second-order valence-corrected chi connectivity index (χ2v) is 8.21. The van der Waals surface area contributed by atoms with Crippen molar-refractivity contribution in [3.63, 3.8) is 0 Å². The number of anilines is 2. The molecule has 6 rings (SSSR count). The predicted octanol–water partition coefficient (Wildman–Crippen LogP) is 3.26. The third-order valence-corrected chi connectivity index (χ3v) is 6.19. The van der Waals surface area contributed by atoms with Crippen LogP contribution in [0.15, 0.2) is 30.3 Å². The monoisotopic (exact) mass is 336 g/mol. The molecule has 6 heteroatoms. The van der Waals surface area contributed by atoms with Crippen molar-refractivity contribution >= 4 is 11.9 Å². The lowest BCUT2D eigenvalue weighted by atomic mass is 9.53. The molecule has 4 aliphatic rings. The summed E-state index contributed by atoms with van der Waals surface area (Å²) in [6.07, 6.45) is 8.07. The molecule has 25 heavy (non-hydrogen) atoms. The molecule has 130 valence electrons. The quantitative estimate of drug-likeness (QED) is 0.873. The van der Waals surface area contributed by atoms with Gasteiger partial charge in [-0.15, -0.1) is 20.4 Å². The van der Waals surface area contributed by atoms with Crippen molar-refractivity contribution in [1.29, 1.82) is 0 Å². The highest BCUT2D eigenvalue weighted by Crippen LogP contribution is 2.56. The summed E-state index contributed by atoms with van der Waals surface area (Å²) in [5.41, 5.74) is 1.37. The summed E-state index contributed by atoms with van der Waals surface area (Å²) < 4.78 is 0. The Hall–Kier alpha value is -2.24. The molecule has 1 aromatic carbocycles. The summed E-state index contributed by atoms with van der Waals surface area (Å²) in [7, 11) is 0. The van der Waals surface area contributed by atoms with E-state index in [4.69, 9.17) is 0 Å². The zero-order valence-corrected chi connectivity index (χ0v) is 14.4. The average molecular weight is 336 g/mol. The number of hydrogen-bond donors (Lipinski definition) is 2. The van der Waals surface area contributed by atoms with Gasteiger partial charge in [0.1, 0.15) is 0 Å². The van der Waals surface area contributed by atoms with Gasteiger partial charge in [-0.1, -0.05) is 30.3 Å². The van der Waals surface area contributed by atoms with Crippen molar-refractivity contribution in [1.82, 2.24) is 20.4 Å². The first-order valence-corrected chi connectivity index (χ1v) is 9.40. The summed E-state index contributed by atoms with van der Waals surface area (Å²) in [4.78, 5) is 0. The number of rotatable bonds is 5. The molecule has 0 spiro atoms. The Kier molecular flexibility index (Phi) is 3.57. The fourth-order valence-corrected chi connectivity index (χ4v) is 5.63. The fraction of sp³-hybridized carbons (Fsp3) is 0.579. The molecule has 4 fully saturated rings. The highest BCUT2D eigenvalue weighted by molar-refractivity contribution is 5.32. The molecule has 1 aromatic heterocycles. The maximum absolute atomic E-state index is 4.27. The molecule has 0 saturated heterocycles. The number of benzene rings is 1. The second-order valence-electron chi connectivity index (χ2n) is 8.21. The van der Waals surface area contributed by atoms with Gasteiger partial charge in [0.25, 0.3) is 11.9 Å². The smallest absolute Gasteiger partial charge is 0.262 e. The minimum atomic E-state index is 0.192. The van der Waals surface area contributed by atoms with Gasteiger partial charge in [0.05, 0.1) is 0 Å². The van der Waals surface area contributed by atoms with Crippen LogP contribution in [0.2, 0.25) is 0 Å². The van der Waals surface area contributed by atoms with Crippen LogP contribution in [0, 0.1) is 17.8 Å². The van der Waals surface area contributed by atoms with Crippen molar-refractivity contribution in [3.05, 3.63) is 35.9 Å². The van der Waals surface area contributed by atoms with Crippen molar-refractivity contribution in [2.24, 2.45) is 17.8 Å². The van der Waals surface area contributed by atoms with E-state index >= 15 is 0 Å². The van der Waals surface area contributed by atoms with Crippen molar-refractivity contribution < 1.29 is 0 Å². The van der Waals surface area contributed by atoms with Gasteiger partial charge in [-0.3, -0.25) is 0 Å². The molecule has 0 radical (unpaired) electrons. The topological polar surface area (TPSA) is 75.6 Å². The van der Waals surface area contributed by atoms with Crippen LogP contribution in [0.5, 0.6) is 0 Å². The third-order valence-electron chi connectivity index (χ3n) is 6.19. The summed E-state index contributed by atoms with van der Waals surface area (Å²) in [6.45, 7) is 0.673. The highest BCUT2D eigenvalue weighted by atomic mass is 15.4. The summed E-state index contributed by atoms with van der Waals surface area (Å²) in [5, 5.41) is 23.7. The molecule has 0 amide bonds. The summed E-state index contributed by atoms with van der Waals surface area (Å²) in [6, 6.07) is 10.2. The van der Waals surface area contributed by atoms with Gasteiger partial charge in [-0.05, 0) is 61.8 Å². The molecule has 2 aromatic rings. The summed E-state index contributed by atoms with van der Waals surface area (Å²) in [5.74, 6) is 3.73. The molecular weight excluding hydrogens is 312 g/mol. The van der Waals surface area contributed by atoms with Crippen molar-refractivity contribution in [2.75, 3.05) is 10.6 Å². The molecule has 0 unspecified atom stereocenters. The van der Waals surface area contributed by atoms with Gasteiger partial charge in [0, 0.05) is 12.1 Å². The van der Waals surface area contributed by atoms with E-state index < -0.39 is 0 Å². The largest absolute Gasteiger partial charge is 0.348 e. The van der Waals surface area contributed by atoms with Crippen LogP contribution in [0.4, 0.5) is 11.9 Å².